The van der Waals surface area contributed by atoms with Crippen molar-refractivity contribution in [1.82, 2.24) is 19.1 Å². The second kappa shape index (κ2) is 9.11. The summed E-state index contributed by atoms with van der Waals surface area (Å²) in [5, 5.41) is 6.84. The maximum Gasteiger partial charge on any atom is 0.175 e. The summed E-state index contributed by atoms with van der Waals surface area (Å²) >= 11 is 5.50. The van der Waals surface area contributed by atoms with Gasteiger partial charge in [0.05, 0.1) is 49.6 Å². The van der Waals surface area contributed by atoms with Crippen molar-refractivity contribution in [2.24, 2.45) is 0 Å². The minimum absolute atomic E-state index is 0.451. The number of anilines is 2. The van der Waals surface area contributed by atoms with Gasteiger partial charge in [-0.2, -0.15) is 0 Å². The van der Waals surface area contributed by atoms with E-state index in [1.807, 2.05) is 71.8 Å². The fraction of sp³-hybridized carbons (Fsp3) is 0.174. The zero-order chi connectivity index (χ0) is 22.7. The van der Waals surface area contributed by atoms with Gasteiger partial charge in [-0.3, -0.25) is 0 Å². The van der Waals surface area contributed by atoms with Gasteiger partial charge in [0.1, 0.15) is 11.5 Å². The normalized spacial score (nSPS) is 10.6. The number of nitrogens with one attached hydrogen (secondary N) is 2. The highest BCUT2D eigenvalue weighted by molar-refractivity contribution is 7.80. The van der Waals surface area contributed by atoms with Crippen LogP contribution in [0.4, 0.5) is 11.4 Å². The fourth-order valence-electron chi connectivity index (χ4n) is 3.34. The van der Waals surface area contributed by atoms with E-state index in [2.05, 4.69) is 20.6 Å². The largest absolute Gasteiger partial charge is 0.494 e. The van der Waals surface area contributed by atoms with Crippen LogP contribution in [0.15, 0.2) is 61.4 Å². The fourth-order valence-corrected chi connectivity index (χ4v) is 3.57. The predicted molar refractivity (Wildman–Crippen MR) is 130 cm³/mol. The molecule has 0 atom stereocenters. The molecule has 8 nitrogen and oxygen atoms in total. The summed E-state index contributed by atoms with van der Waals surface area (Å²) in [6.07, 6.45) is 7.40. The van der Waals surface area contributed by atoms with Crippen LogP contribution in [0.1, 0.15) is 11.4 Å². The molecule has 0 radical (unpaired) electrons. The Morgan fingerprint density at radius 2 is 1.22 bits per heavy atom. The van der Waals surface area contributed by atoms with Crippen LogP contribution in [0.25, 0.3) is 11.4 Å². The maximum atomic E-state index is 5.56. The summed E-state index contributed by atoms with van der Waals surface area (Å²) < 4.78 is 15.0. The quantitative estimate of drug-likeness (QED) is 0.421. The van der Waals surface area contributed by atoms with Gasteiger partial charge in [0.25, 0.3) is 0 Å². The molecule has 9 heteroatoms. The summed E-state index contributed by atoms with van der Waals surface area (Å²) in [5.74, 6) is 1.41. The van der Waals surface area contributed by atoms with Crippen LogP contribution in [0, 0.1) is 13.8 Å². The number of methoxy groups -OCH3 is 2. The highest BCUT2D eigenvalue weighted by Crippen LogP contribution is 2.28. The van der Waals surface area contributed by atoms with Gasteiger partial charge in [0.2, 0.25) is 0 Å². The van der Waals surface area contributed by atoms with E-state index in [1.54, 1.807) is 26.9 Å². The molecule has 0 aliphatic rings. The molecule has 0 amide bonds. The molecule has 0 aliphatic heterocycles. The molecular formula is C23H24N6O2S. The van der Waals surface area contributed by atoms with Crippen molar-refractivity contribution in [3.63, 3.8) is 0 Å². The molecule has 0 fully saturated rings. The number of imidazole rings is 2. The van der Waals surface area contributed by atoms with Crippen molar-refractivity contribution in [3.05, 3.63) is 72.8 Å². The number of nitrogens with zero attached hydrogens (tertiary/aromatic N) is 4. The number of ether oxygens (including phenoxy) is 2. The molecule has 0 saturated carbocycles. The van der Waals surface area contributed by atoms with Crippen molar-refractivity contribution in [2.45, 2.75) is 13.8 Å². The van der Waals surface area contributed by atoms with Crippen molar-refractivity contribution in [2.75, 3.05) is 24.9 Å². The molecule has 0 saturated heterocycles. The van der Waals surface area contributed by atoms with Crippen LogP contribution in [0.2, 0.25) is 0 Å². The van der Waals surface area contributed by atoms with Crippen LogP contribution in [-0.4, -0.2) is 38.4 Å². The SMILES string of the molecule is COc1cc(NC(=S)Nc2ccc(-n3cnc(C)c3)c(OC)c2)ccc1-n1cnc(C)c1. The zero-order valence-electron chi connectivity index (χ0n) is 18.3. The minimum atomic E-state index is 0.451. The minimum Gasteiger partial charge on any atom is -0.494 e. The second-order valence-corrected chi connectivity index (χ2v) is 7.61. The summed E-state index contributed by atoms with van der Waals surface area (Å²) in [7, 11) is 3.27. The topological polar surface area (TPSA) is 78.2 Å². The number of aryl methyl sites for hydroxylation is 2. The highest BCUT2D eigenvalue weighted by atomic mass is 32.1. The van der Waals surface area contributed by atoms with Gasteiger partial charge in [0.15, 0.2) is 5.11 Å². The molecular weight excluding hydrogens is 424 g/mol. The second-order valence-electron chi connectivity index (χ2n) is 7.20. The Hall–Kier alpha value is -3.85. The van der Waals surface area contributed by atoms with Gasteiger partial charge in [-0.15, -0.1) is 0 Å². The number of hydrogen-bond acceptors (Lipinski definition) is 5. The Labute approximate surface area is 191 Å². The van der Waals surface area contributed by atoms with Crippen LogP contribution in [-0.2, 0) is 0 Å². The smallest absolute Gasteiger partial charge is 0.175 e. The lowest BCUT2D eigenvalue weighted by Crippen LogP contribution is -2.19. The van der Waals surface area contributed by atoms with E-state index in [4.69, 9.17) is 21.7 Å². The van der Waals surface area contributed by atoms with Gasteiger partial charge in [-0.05, 0) is 50.3 Å². The molecule has 2 heterocycles. The van der Waals surface area contributed by atoms with E-state index in [-0.39, 0.29) is 0 Å². The first-order valence-electron chi connectivity index (χ1n) is 9.93. The summed E-state index contributed by atoms with van der Waals surface area (Å²) in [6, 6.07) is 11.6. The molecule has 2 aromatic heterocycles. The standard InChI is InChI=1S/C23H24N6O2S/c1-15-11-28(13-24-15)19-7-5-17(9-21(19)30-3)26-23(32)27-18-6-8-20(22(10-18)31-4)29-12-16(2)25-14-29/h5-14H,1-4H3,(H2,26,27,32). The first-order valence-corrected chi connectivity index (χ1v) is 10.3. The lowest BCUT2D eigenvalue weighted by atomic mass is 10.2. The van der Waals surface area contributed by atoms with Crippen LogP contribution in [0.3, 0.4) is 0 Å². The summed E-state index contributed by atoms with van der Waals surface area (Å²) in [6.45, 7) is 3.89. The molecule has 0 bridgehead atoms. The predicted octanol–water partition coefficient (Wildman–Crippen LogP) is 4.50. The van der Waals surface area contributed by atoms with Gasteiger partial charge in [0, 0.05) is 35.9 Å². The molecule has 0 spiro atoms. The highest BCUT2D eigenvalue weighted by Gasteiger charge is 2.10. The Morgan fingerprint density at radius 1 is 0.781 bits per heavy atom. The third-order valence-electron chi connectivity index (χ3n) is 4.85. The van der Waals surface area contributed by atoms with Crippen molar-refractivity contribution >= 4 is 28.7 Å². The average molecular weight is 449 g/mol. The van der Waals surface area contributed by atoms with Crippen molar-refractivity contribution in [1.29, 1.82) is 0 Å². The van der Waals surface area contributed by atoms with E-state index < -0.39 is 0 Å². The average Bonchev–Trinajstić information content (AvgIpc) is 3.41. The number of thiocarbonyl (C=S) groups is 1. The van der Waals surface area contributed by atoms with E-state index in [1.165, 1.54) is 0 Å². The Morgan fingerprint density at radius 3 is 1.56 bits per heavy atom. The van der Waals surface area contributed by atoms with E-state index >= 15 is 0 Å². The van der Waals surface area contributed by atoms with Gasteiger partial charge < -0.3 is 29.2 Å². The van der Waals surface area contributed by atoms with Crippen molar-refractivity contribution < 1.29 is 9.47 Å². The third-order valence-corrected chi connectivity index (χ3v) is 5.06. The first-order chi connectivity index (χ1) is 15.5. The monoisotopic (exact) mass is 448 g/mol. The summed E-state index contributed by atoms with van der Waals surface area (Å²) in [4.78, 5) is 8.55. The van der Waals surface area contributed by atoms with Gasteiger partial charge >= 0.3 is 0 Å². The number of hydrogen-bond donors (Lipinski definition) is 2. The van der Waals surface area contributed by atoms with Gasteiger partial charge in [-0.25, -0.2) is 9.97 Å². The Kier molecular flexibility index (Phi) is 6.09. The molecule has 4 aromatic rings. The van der Waals surface area contributed by atoms with Gasteiger partial charge in [-0.1, -0.05) is 0 Å². The first kappa shape index (κ1) is 21.4. The number of rotatable bonds is 6. The number of benzene rings is 2. The molecule has 32 heavy (non-hydrogen) atoms. The van der Waals surface area contributed by atoms with Crippen LogP contribution in [0.5, 0.6) is 11.5 Å². The van der Waals surface area contributed by atoms with E-state index in [0.717, 1.165) is 34.1 Å². The van der Waals surface area contributed by atoms with E-state index in [0.29, 0.717) is 16.6 Å². The maximum absolute atomic E-state index is 5.56. The summed E-state index contributed by atoms with van der Waals surface area (Å²) in [5.41, 5.74) is 5.27. The Balaban J connectivity index is 1.49. The lowest BCUT2D eigenvalue weighted by Gasteiger charge is -2.15. The Bertz CT molecular complexity index is 1170. The lowest BCUT2D eigenvalue weighted by molar-refractivity contribution is 0.413. The molecule has 164 valence electrons. The third kappa shape index (κ3) is 4.57. The molecule has 4 rings (SSSR count). The number of aromatic nitrogens is 4. The van der Waals surface area contributed by atoms with E-state index in [9.17, 15) is 0 Å². The molecule has 2 aromatic carbocycles. The zero-order valence-corrected chi connectivity index (χ0v) is 19.1. The molecule has 2 N–H and O–H groups in total. The molecule has 0 unspecified atom stereocenters. The van der Waals surface area contributed by atoms with Crippen molar-refractivity contribution in [3.8, 4) is 22.9 Å². The molecule has 0 aliphatic carbocycles. The van der Waals surface area contributed by atoms with Crippen LogP contribution >= 0.6 is 12.2 Å². The van der Waals surface area contributed by atoms with Crippen LogP contribution < -0.4 is 20.1 Å².